The predicted molar refractivity (Wildman–Crippen MR) is 92.4 cm³/mol. The summed E-state index contributed by atoms with van der Waals surface area (Å²) < 4.78 is 50.4. The van der Waals surface area contributed by atoms with Crippen molar-refractivity contribution in [1.29, 1.82) is 0 Å². The first-order valence-corrected chi connectivity index (χ1v) is 10.5. The van der Waals surface area contributed by atoms with Gasteiger partial charge in [-0.15, -0.1) is 12.4 Å². The molecule has 0 radical (unpaired) electrons. The third-order valence-electron chi connectivity index (χ3n) is 4.07. The summed E-state index contributed by atoms with van der Waals surface area (Å²) in [5, 5.41) is 3.16. The van der Waals surface area contributed by atoms with Gasteiger partial charge in [-0.3, -0.25) is 0 Å². The number of hydrogen-bond acceptors (Lipinski definition) is 5. The molecule has 23 heavy (non-hydrogen) atoms. The van der Waals surface area contributed by atoms with E-state index in [1.165, 1.54) is 16.4 Å². The number of piperidine rings is 1. The molecule has 0 bridgehead atoms. The molecule has 6 nitrogen and oxygen atoms in total. The predicted octanol–water partition coefficient (Wildman–Crippen LogP) is 1.19. The van der Waals surface area contributed by atoms with Crippen LogP contribution in [-0.2, 0) is 19.9 Å². The fraction of sp³-hybridized carbons (Fsp3) is 0.571. The van der Waals surface area contributed by atoms with Gasteiger partial charge in [0.25, 0.3) is 0 Å². The van der Waals surface area contributed by atoms with Crippen molar-refractivity contribution in [2.45, 2.75) is 35.6 Å². The third kappa shape index (κ3) is 4.45. The van der Waals surface area contributed by atoms with E-state index in [9.17, 15) is 16.8 Å². The Hall–Kier alpha value is -0.670. The summed E-state index contributed by atoms with van der Waals surface area (Å²) in [5.74, 6) is 0. The molecule has 132 valence electrons. The average molecular weight is 383 g/mol. The second kappa shape index (κ2) is 7.48. The van der Waals surface area contributed by atoms with Gasteiger partial charge in [0, 0.05) is 25.4 Å². The van der Waals surface area contributed by atoms with Crippen molar-refractivity contribution in [2.75, 3.05) is 26.4 Å². The van der Waals surface area contributed by atoms with Crippen LogP contribution >= 0.6 is 12.4 Å². The number of sulfone groups is 1. The second-order valence-electron chi connectivity index (χ2n) is 5.67. The Balaban J connectivity index is 0.00000264. The topological polar surface area (TPSA) is 83.6 Å². The molecule has 0 spiro atoms. The van der Waals surface area contributed by atoms with Crippen LogP contribution < -0.4 is 5.32 Å². The number of halogens is 1. The molecule has 1 saturated heterocycles. The molecule has 0 unspecified atom stereocenters. The van der Waals surface area contributed by atoms with Crippen LogP contribution in [0.3, 0.4) is 0 Å². The van der Waals surface area contributed by atoms with E-state index >= 15 is 0 Å². The first-order chi connectivity index (χ1) is 10.2. The largest absolute Gasteiger partial charge is 0.317 e. The van der Waals surface area contributed by atoms with E-state index < -0.39 is 19.9 Å². The van der Waals surface area contributed by atoms with Gasteiger partial charge < -0.3 is 5.32 Å². The van der Waals surface area contributed by atoms with Crippen LogP contribution in [-0.4, -0.2) is 53.6 Å². The first-order valence-electron chi connectivity index (χ1n) is 7.14. The van der Waals surface area contributed by atoms with Crippen molar-refractivity contribution in [3.05, 3.63) is 23.8 Å². The van der Waals surface area contributed by atoms with Crippen LogP contribution in [0, 0.1) is 6.92 Å². The van der Waals surface area contributed by atoms with Gasteiger partial charge in [0.1, 0.15) is 0 Å². The number of sulfonamides is 1. The lowest BCUT2D eigenvalue weighted by Gasteiger charge is -2.31. The van der Waals surface area contributed by atoms with Crippen molar-refractivity contribution < 1.29 is 16.8 Å². The SMILES string of the molecule is CNC1CCN(S(=O)(=O)c2cc(S(C)(=O)=O)ccc2C)CC1.Cl. The fourth-order valence-electron chi connectivity index (χ4n) is 2.61. The van der Waals surface area contributed by atoms with E-state index in [1.54, 1.807) is 13.0 Å². The molecule has 0 aromatic heterocycles. The highest BCUT2D eigenvalue weighted by molar-refractivity contribution is 7.91. The van der Waals surface area contributed by atoms with Crippen LogP contribution in [0.15, 0.2) is 28.0 Å². The molecule has 9 heteroatoms. The van der Waals surface area contributed by atoms with Crippen molar-refractivity contribution in [1.82, 2.24) is 9.62 Å². The van der Waals surface area contributed by atoms with E-state index in [-0.39, 0.29) is 22.2 Å². The van der Waals surface area contributed by atoms with Crippen LogP contribution in [0.25, 0.3) is 0 Å². The summed E-state index contributed by atoms with van der Waals surface area (Å²) in [4.78, 5) is 0.111. The lowest BCUT2D eigenvalue weighted by atomic mass is 10.1. The minimum absolute atomic E-state index is 0. The molecule has 1 fully saturated rings. The van der Waals surface area contributed by atoms with Crippen LogP contribution in [0.5, 0.6) is 0 Å². The Kier molecular flexibility index (Phi) is 6.63. The van der Waals surface area contributed by atoms with Gasteiger partial charge in [0.15, 0.2) is 9.84 Å². The summed E-state index contributed by atoms with van der Waals surface area (Å²) in [6.07, 6.45) is 2.58. The zero-order valence-corrected chi connectivity index (χ0v) is 15.9. The van der Waals surface area contributed by atoms with Crippen LogP contribution in [0.1, 0.15) is 18.4 Å². The third-order valence-corrected chi connectivity index (χ3v) is 7.22. The monoisotopic (exact) mass is 382 g/mol. The maximum atomic E-state index is 12.8. The van der Waals surface area contributed by atoms with E-state index in [0.29, 0.717) is 24.7 Å². The average Bonchev–Trinajstić information content (AvgIpc) is 2.46. The maximum Gasteiger partial charge on any atom is 0.243 e. The Bertz CT molecular complexity index is 755. The minimum Gasteiger partial charge on any atom is -0.317 e. The van der Waals surface area contributed by atoms with Crippen molar-refractivity contribution in [3.8, 4) is 0 Å². The van der Waals surface area contributed by atoms with Gasteiger partial charge in [-0.1, -0.05) is 6.07 Å². The molecule has 1 N–H and O–H groups in total. The number of benzene rings is 1. The molecular weight excluding hydrogens is 360 g/mol. The summed E-state index contributed by atoms with van der Waals surface area (Å²) >= 11 is 0. The lowest BCUT2D eigenvalue weighted by Crippen LogP contribution is -2.44. The second-order valence-corrected chi connectivity index (χ2v) is 9.59. The molecular formula is C14H23ClN2O4S2. The van der Waals surface area contributed by atoms with E-state index in [0.717, 1.165) is 19.1 Å². The first kappa shape index (κ1) is 20.4. The van der Waals surface area contributed by atoms with Gasteiger partial charge >= 0.3 is 0 Å². The molecule has 0 aliphatic carbocycles. The summed E-state index contributed by atoms with van der Waals surface area (Å²) in [5.41, 5.74) is 0.558. The van der Waals surface area contributed by atoms with Gasteiger partial charge in [0.2, 0.25) is 10.0 Å². The summed E-state index contributed by atoms with van der Waals surface area (Å²) in [7, 11) is -5.24. The number of nitrogens with one attached hydrogen (secondary N) is 1. The number of hydrogen-bond donors (Lipinski definition) is 1. The van der Waals surface area contributed by atoms with Gasteiger partial charge in [-0.05, 0) is 44.5 Å². The molecule has 1 aromatic rings. The maximum absolute atomic E-state index is 12.8. The quantitative estimate of drug-likeness (QED) is 0.845. The highest BCUT2D eigenvalue weighted by Gasteiger charge is 2.30. The minimum atomic E-state index is -3.67. The number of aryl methyl sites for hydroxylation is 1. The molecule has 1 aromatic carbocycles. The van der Waals surface area contributed by atoms with E-state index in [1.807, 2.05) is 7.05 Å². The normalized spacial score (nSPS) is 17.7. The summed E-state index contributed by atoms with van der Waals surface area (Å²) in [6.45, 7) is 2.56. The molecule has 1 aliphatic rings. The Morgan fingerprint density at radius 3 is 2.17 bits per heavy atom. The molecule has 0 amide bonds. The smallest absolute Gasteiger partial charge is 0.243 e. The van der Waals surface area contributed by atoms with E-state index in [4.69, 9.17) is 0 Å². The molecule has 0 atom stereocenters. The van der Waals surface area contributed by atoms with Crippen LogP contribution in [0.4, 0.5) is 0 Å². The molecule has 1 aliphatic heterocycles. The fourth-order valence-corrected chi connectivity index (χ4v) is 5.06. The van der Waals surface area contributed by atoms with Gasteiger partial charge in [-0.25, -0.2) is 16.8 Å². The van der Waals surface area contributed by atoms with Crippen LogP contribution in [0.2, 0.25) is 0 Å². The number of rotatable bonds is 4. The van der Waals surface area contributed by atoms with Crippen molar-refractivity contribution in [2.24, 2.45) is 0 Å². The van der Waals surface area contributed by atoms with Gasteiger partial charge in [-0.2, -0.15) is 4.31 Å². The molecule has 1 heterocycles. The molecule has 0 saturated carbocycles. The Labute approximate surface area is 144 Å². The summed E-state index contributed by atoms with van der Waals surface area (Å²) in [6, 6.07) is 4.58. The van der Waals surface area contributed by atoms with Gasteiger partial charge in [0.05, 0.1) is 9.79 Å². The van der Waals surface area contributed by atoms with E-state index in [2.05, 4.69) is 5.32 Å². The van der Waals surface area contributed by atoms with Crippen molar-refractivity contribution >= 4 is 32.3 Å². The highest BCUT2D eigenvalue weighted by Crippen LogP contribution is 2.25. The lowest BCUT2D eigenvalue weighted by molar-refractivity contribution is 0.298. The Morgan fingerprint density at radius 1 is 1.13 bits per heavy atom. The zero-order valence-electron chi connectivity index (χ0n) is 13.4. The Morgan fingerprint density at radius 2 is 1.70 bits per heavy atom. The highest BCUT2D eigenvalue weighted by atomic mass is 35.5. The zero-order chi connectivity index (χ0) is 16.5. The molecule has 2 rings (SSSR count). The number of nitrogens with zero attached hydrogens (tertiary/aromatic N) is 1. The van der Waals surface area contributed by atoms with Crippen molar-refractivity contribution in [3.63, 3.8) is 0 Å². The standard InChI is InChI=1S/C14H22N2O4S2.ClH/c1-11-4-5-13(21(3,17)18)10-14(11)22(19,20)16-8-6-12(15-2)7-9-16;/h4-5,10,12,15H,6-9H2,1-3H3;1H.